The van der Waals surface area contributed by atoms with Crippen LogP contribution in [0.1, 0.15) is 27.9 Å². The highest BCUT2D eigenvalue weighted by Crippen LogP contribution is 2.08. The van der Waals surface area contributed by atoms with Crippen LogP contribution in [0.4, 0.5) is 0 Å². The number of hydrogen-bond donors (Lipinski definition) is 2. The molecule has 0 saturated heterocycles. The van der Waals surface area contributed by atoms with Gasteiger partial charge in [-0.25, -0.2) is 0 Å². The van der Waals surface area contributed by atoms with Gasteiger partial charge in [0, 0.05) is 18.7 Å². The minimum atomic E-state index is -0.0519. The average Bonchev–Trinajstić information content (AvgIpc) is 2.32. The molecule has 0 saturated carbocycles. The zero-order chi connectivity index (χ0) is 13.4. The second kappa shape index (κ2) is 7.84. The van der Waals surface area contributed by atoms with Crippen LogP contribution in [-0.2, 0) is 4.74 Å². The number of benzene rings is 1. The van der Waals surface area contributed by atoms with E-state index in [1.807, 2.05) is 32.0 Å². The summed E-state index contributed by atoms with van der Waals surface area (Å²) in [6.45, 7) is 5.48. The van der Waals surface area contributed by atoms with E-state index in [1.165, 1.54) is 0 Å². The van der Waals surface area contributed by atoms with Crippen LogP contribution < -0.4 is 5.32 Å². The zero-order valence-corrected chi connectivity index (χ0v) is 11.0. The molecule has 4 nitrogen and oxygen atoms in total. The number of nitrogens with one attached hydrogen (secondary N) is 1. The second-order valence-electron chi connectivity index (χ2n) is 4.32. The third kappa shape index (κ3) is 5.29. The first-order valence-corrected chi connectivity index (χ1v) is 6.18. The summed E-state index contributed by atoms with van der Waals surface area (Å²) < 4.78 is 5.11. The number of aryl methyl sites for hydroxylation is 2. The number of carbonyl (C=O) groups excluding carboxylic acids is 1. The maximum atomic E-state index is 11.8. The van der Waals surface area contributed by atoms with Gasteiger partial charge in [-0.2, -0.15) is 0 Å². The van der Waals surface area contributed by atoms with Gasteiger partial charge < -0.3 is 15.2 Å². The Kier molecular flexibility index (Phi) is 6.39. The van der Waals surface area contributed by atoms with Crippen LogP contribution in [0.25, 0.3) is 0 Å². The maximum Gasteiger partial charge on any atom is 0.251 e. The van der Waals surface area contributed by atoms with Crippen LogP contribution >= 0.6 is 0 Å². The predicted molar refractivity (Wildman–Crippen MR) is 70.8 cm³/mol. The molecule has 2 N–H and O–H groups in total. The molecular formula is C14H21NO3. The Morgan fingerprint density at radius 2 is 1.89 bits per heavy atom. The van der Waals surface area contributed by atoms with E-state index in [0.717, 1.165) is 17.5 Å². The van der Waals surface area contributed by atoms with Crippen molar-refractivity contribution in [2.45, 2.75) is 20.3 Å². The third-order valence-electron chi connectivity index (χ3n) is 2.47. The molecule has 0 radical (unpaired) electrons. The predicted octanol–water partition coefficient (Wildman–Crippen LogP) is 1.43. The summed E-state index contributed by atoms with van der Waals surface area (Å²) in [7, 11) is 0. The minimum Gasteiger partial charge on any atom is -0.394 e. The summed E-state index contributed by atoms with van der Waals surface area (Å²) >= 11 is 0. The monoisotopic (exact) mass is 251 g/mol. The van der Waals surface area contributed by atoms with E-state index >= 15 is 0 Å². The van der Waals surface area contributed by atoms with Gasteiger partial charge >= 0.3 is 0 Å². The first-order valence-electron chi connectivity index (χ1n) is 6.18. The molecule has 0 heterocycles. The Balaban J connectivity index is 2.32. The molecule has 0 fully saturated rings. The van der Waals surface area contributed by atoms with E-state index in [4.69, 9.17) is 9.84 Å². The van der Waals surface area contributed by atoms with Gasteiger partial charge in [0.15, 0.2) is 0 Å². The lowest BCUT2D eigenvalue weighted by Gasteiger charge is -2.07. The number of rotatable bonds is 7. The average molecular weight is 251 g/mol. The summed E-state index contributed by atoms with van der Waals surface area (Å²) in [5.41, 5.74) is 2.88. The number of aliphatic hydroxyl groups is 1. The summed E-state index contributed by atoms with van der Waals surface area (Å²) in [5.74, 6) is -0.0519. The SMILES string of the molecule is Cc1cc(C)cc(C(=O)NCCCOCCO)c1. The first-order chi connectivity index (χ1) is 8.63. The third-order valence-corrected chi connectivity index (χ3v) is 2.47. The van der Waals surface area contributed by atoms with Crippen molar-refractivity contribution < 1.29 is 14.6 Å². The van der Waals surface area contributed by atoms with E-state index in [-0.39, 0.29) is 12.5 Å². The van der Waals surface area contributed by atoms with E-state index in [0.29, 0.717) is 25.3 Å². The van der Waals surface area contributed by atoms with Crippen molar-refractivity contribution in [1.29, 1.82) is 0 Å². The number of carbonyl (C=O) groups is 1. The second-order valence-corrected chi connectivity index (χ2v) is 4.32. The van der Waals surface area contributed by atoms with Gasteiger partial charge in [0.25, 0.3) is 5.91 Å². The largest absolute Gasteiger partial charge is 0.394 e. The van der Waals surface area contributed by atoms with Crippen molar-refractivity contribution in [3.05, 3.63) is 34.9 Å². The van der Waals surface area contributed by atoms with E-state index in [2.05, 4.69) is 5.32 Å². The smallest absolute Gasteiger partial charge is 0.251 e. The van der Waals surface area contributed by atoms with Gasteiger partial charge in [0.1, 0.15) is 0 Å². The molecule has 0 aliphatic rings. The van der Waals surface area contributed by atoms with Crippen LogP contribution in [0.3, 0.4) is 0 Å². The lowest BCUT2D eigenvalue weighted by atomic mass is 10.1. The van der Waals surface area contributed by atoms with E-state index in [1.54, 1.807) is 0 Å². The Morgan fingerprint density at radius 3 is 2.50 bits per heavy atom. The van der Waals surface area contributed by atoms with Gasteiger partial charge in [-0.05, 0) is 32.4 Å². The number of hydrogen-bond acceptors (Lipinski definition) is 3. The Labute approximate surface area is 108 Å². The quantitative estimate of drug-likeness (QED) is 0.721. The molecule has 100 valence electrons. The number of aliphatic hydroxyl groups excluding tert-OH is 1. The highest BCUT2D eigenvalue weighted by atomic mass is 16.5. The fourth-order valence-electron chi connectivity index (χ4n) is 1.75. The fourth-order valence-corrected chi connectivity index (χ4v) is 1.75. The lowest BCUT2D eigenvalue weighted by molar-refractivity contribution is 0.0867. The van der Waals surface area contributed by atoms with Crippen molar-refractivity contribution in [2.75, 3.05) is 26.4 Å². The van der Waals surface area contributed by atoms with Crippen molar-refractivity contribution in [3.63, 3.8) is 0 Å². The van der Waals surface area contributed by atoms with Crippen molar-refractivity contribution >= 4 is 5.91 Å². The molecule has 0 unspecified atom stereocenters. The van der Waals surface area contributed by atoms with Crippen LogP contribution in [0.5, 0.6) is 0 Å². The van der Waals surface area contributed by atoms with E-state index in [9.17, 15) is 4.79 Å². The number of amides is 1. The van der Waals surface area contributed by atoms with Crippen LogP contribution in [0.2, 0.25) is 0 Å². The molecule has 0 bridgehead atoms. The molecule has 4 heteroatoms. The fraction of sp³-hybridized carbons (Fsp3) is 0.500. The Hall–Kier alpha value is -1.39. The molecule has 0 aliphatic heterocycles. The molecule has 0 spiro atoms. The molecule has 0 aromatic heterocycles. The number of ether oxygens (including phenoxy) is 1. The molecule has 1 aromatic rings. The topological polar surface area (TPSA) is 58.6 Å². The summed E-state index contributed by atoms with van der Waals surface area (Å²) in [6, 6.07) is 5.80. The molecule has 1 amide bonds. The summed E-state index contributed by atoms with van der Waals surface area (Å²) in [4.78, 5) is 11.8. The van der Waals surface area contributed by atoms with Gasteiger partial charge in [0.2, 0.25) is 0 Å². The minimum absolute atomic E-state index is 0.0366. The van der Waals surface area contributed by atoms with Crippen molar-refractivity contribution in [1.82, 2.24) is 5.32 Å². The maximum absolute atomic E-state index is 11.8. The molecular weight excluding hydrogens is 230 g/mol. The van der Waals surface area contributed by atoms with Crippen molar-refractivity contribution in [3.8, 4) is 0 Å². The standard InChI is InChI=1S/C14H21NO3/c1-11-8-12(2)10-13(9-11)14(17)15-4-3-6-18-7-5-16/h8-10,16H,3-7H2,1-2H3,(H,15,17). The first kappa shape index (κ1) is 14.7. The normalized spacial score (nSPS) is 10.4. The Morgan fingerprint density at radius 1 is 1.22 bits per heavy atom. The van der Waals surface area contributed by atoms with Gasteiger partial charge in [-0.1, -0.05) is 17.2 Å². The van der Waals surface area contributed by atoms with Gasteiger partial charge in [-0.15, -0.1) is 0 Å². The van der Waals surface area contributed by atoms with Crippen LogP contribution in [0, 0.1) is 13.8 Å². The summed E-state index contributed by atoms with van der Waals surface area (Å²) in [5, 5.41) is 11.4. The molecule has 0 aliphatic carbocycles. The molecule has 1 aromatic carbocycles. The molecule has 18 heavy (non-hydrogen) atoms. The highest BCUT2D eigenvalue weighted by molar-refractivity contribution is 5.94. The summed E-state index contributed by atoms with van der Waals surface area (Å²) in [6.07, 6.45) is 0.747. The Bertz CT molecular complexity index is 370. The van der Waals surface area contributed by atoms with Gasteiger partial charge in [-0.3, -0.25) is 4.79 Å². The van der Waals surface area contributed by atoms with Crippen LogP contribution in [0.15, 0.2) is 18.2 Å². The zero-order valence-electron chi connectivity index (χ0n) is 11.0. The van der Waals surface area contributed by atoms with Crippen LogP contribution in [-0.4, -0.2) is 37.4 Å². The van der Waals surface area contributed by atoms with Gasteiger partial charge in [0.05, 0.1) is 13.2 Å². The molecule has 1 rings (SSSR count). The molecule has 0 atom stereocenters. The highest BCUT2D eigenvalue weighted by Gasteiger charge is 2.05. The van der Waals surface area contributed by atoms with Crippen molar-refractivity contribution in [2.24, 2.45) is 0 Å². The lowest BCUT2D eigenvalue weighted by Crippen LogP contribution is -2.25. The van der Waals surface area contributed by atoms with E-state index < -0.39 is 0 Å².